The van der Waals surface area contributed by atoms with Crippen molar-refractivity contribution < 1.29 is 9.90 Å². The maximum Gasteiger partial charge on any atom is 0.336 e. The third-order valence-electron chi connectivity index (χ3n) is 3.78. The van der Waals surface area contributed by atoms with Gasteiger partial charge in [-0.1, -0.05) is 13.3 Å². The zero-order valence-corrected chi connectivity index (χ0v) is 11.9. The topological polar surface area (TPSA) is 68.0 Å². The van der Waals surface area contributed by atoms with Gasteiger partial charge >= 0.3 is 5.97 Å². The van der Waals surface area contributed by atoms with Gasteiger partial charge in [-0.2, -0.15) is 5.10 Å². The molecule has 0 amide bonds. The van der Waals surface area contributed by atoms with Crippen LogP contribution in [0.2, 0.25) is 0 Å². The zero-order chi connectivity index (χ0) is 14.3. The number of aromatic carboxylic acids is 1. The van der Waals surface area contributed by atoms with E-state index >= 15 is 0 Å². The van der Waals surface area contributed by atoms with Gasteiger partial charge in [-0.3, -0.25) is 0 Å². The van der Waals surface area contributed by atoms with Crippen LogP contribution < -0.4 is 0 Å². The number of pyridine rings is 1. The molecule has 1 saturated carbocycles. The van der Waals surface area contributed by atoms with Gasteiger partial charge in [0.25, 0.3) is 0 Å². The molecular weight excluding hydrogens is 254 g/mol. The molecule has 1 aliphatic carbocycles. The molecule has 0 unspecified atom stereocenters. The molecule has 0 spiro atoms. The number of carboxylic acids is 1. The maximum atomic E-state index is 11.5. The third-order valence-corrected chi connectivity index (χ3v) is 3.78. The number of aromatic nitrogens is 3. The maximum absolute atomic E-state index is 11.5. The molecule has 2 aromatic heterocycles. The molecule has 0 saturated heterocycles. The lowest BCUT2D eigenvalue weighted by Crippen LogP contribution is -2.03. The Morgan fingerprint density at radius 1 is 1.50 bits per heavy atom. The van der Waals surface area contributed by atoms with E-state index in [4.69, 9.17) is 0 Å². The summed E-state index contributed by atoms with van der Waals surface area (Å²) in [5, 5.41) is 14.9. The molecule has 5 heteroatoms. The number of hydrogen-bond acceptors (Lipinski definition) is 3. The fourth-order valence-corrected chi connectivity index (χ4v) is 2.60. The summed E-state index contributed by atoms with van der Waals surface area (Å²) < 4.78 is 1.89. The lowest BCUT2D eigenvalue weighted by Gasteiger charge is -2.03. The van der Waals surface area contributed by atoms with Gasteiger partial charge < -0.3 is 5.11 Å². The number of rotatable bonds is 5. The number of unbranched alkanes of at least 4 members (excludes halogenated alkanes) is 1. The Balaban J connectivity index is 2.23. The van der Waals surface area contributed by atoms with Gasteiger partial charge in [0.1, 0.15) is 0 Å². The van der Waals surface area contributed by atoms with Crippen molar-refractivity contribution in [1.29, 1.82) is 0 Å². The Morgan fingerprint density at radius 3 is 2.85 bits per heavy atom. The first-order chi connectivity index (χ1) is 9.61. The highest BCUT2D eigenvalue weighted by Gasteiger charge is 2.31. The molecule has 0 aliphatic heterocycles. The first kappa shape index (κ1) is 13.1. The molecule has 2 aromatic rings. The molecule has 1 aliphatic rings. The largest absolute Gasteiger partial charge is 0.478 e. The minimum Gasteiger partial charge on any atom is -0.478 e. The van der Waals surface area contributed by atoms with E-state index in [0.717, 1.165) is 54.6 Å². The lowest BCUT2D eigenvalue weighted by atomic mass is 10.1. The van der Waals surface area contributed by atoms with Gasteiger partial charge in [-0.05, 0) is 32.3 Å². The van der Waals surface area contributed by atoms with Gasteiger partial charge in [0, 0.05) is 18.2 Å². The predicted octanol–water partition coefficient (Wildman–Crippen LogP) is 3.12. The van der Waals surface area contributed by atoms with E-state index in [1.807, 2.05) is 11.6 Å². The number of carboxylic acid groups (broad SMARTS) is 1. The molecule has 0 atom stereocenters. The van der Waals surface area contributed by atoms with Crippen LogP contribution in [0.1, 0.15) is 60.3 Å². The molecule has 0 aromatic carbocycles. The second kappa shape index (κ2) is 4.89. The average Bonchev–Trinajstić information content (AvgIpc) is 3.18. The summed E-state index contributed by atoms with van der Waals surface area (Å²) in [6, 6.07) is 1.66. The van der Waals surface area contributed by atoms with E-state index in [1.54, 1.807) is 6.07 Å². The summed E-state index contributed by atoms with van der Waals surface area (Å²) in [5.74, 6) is -0.472. The molecule has 106 valence electrons. The van der Waals surface area contributed by atoms with Crippen molar-refractivity contribution in [3.05, 3.63) is 23.0 Å². The summed E-state index contributed by atoms with van der Waals surface area (Å²) >= 11 is 0. The van der Waals surface area contributed by atoms with Crippen LogP contribution in [-0.2, 0) is 6.54 Å². The van der Waals surface area contributed by atoms with Crippen molar-refractivity contribution in [1.82, 2.24) is 14.8 Å². The highest BCUT2D eigenvalue weighted by atomic mass is 16.4. The van der Waals surface area contributed by atoms with Gasteiger partial charge in [0.15, 0.2) is 5.65 Å². The van der Waals surface area contributed by atoms with Crippen LogP contribution in [0.25, 0.3) is 11.0 Å². The number of nitrogens with zero attached hydrogens (tertiary/aromatic N) is 3. The molecule has 1 fully saturated rings. The molecule has 3 rings (SSSR count). The summed E-state index contributed by atoms with van der Waals surface area (Å²) in [5.41, 5.74) is 2.74. The van der Waals surface area contributed by atoms with Crippen LogP contribution in [0.5, 0.6) is 0 Å². The van der Waals surface area contributed by atoms with Gasteiger partial charge in [-0.15, -0.1) is 0 Å². The molecule has 20 heavy (non-hydrogen) atoms. The van der Waals surface area contributed by atoms with Crippen molar-refractivity contribution in [2.75, 3.05) is 0 Å². The Labute approximate surface area is 117 Å². The van der Waals surface area contributed by atoms with E-state index in [1.165, 1.54) is 0 Å². The summed E-state index contributed by atoms with van der Waals surface area (Å²) in [7, 11) is 0. The fraction of sp³-hybridized carbons (Fsp3) is 0.533. The van der Waals surface area contributed by atoms with Gasteiger partial charge in [-0.25, -0.2) is 14.5 Å². The number of carbonyl (C=O) groups is 1. The number of hydrogen-bond donors (Lipinski definition) is 1. The molecule has 5 nitrogen and oxygen atoms in total. The normalized spacial score (nSPS) is 14.9. The Bertz CT molecular complexity index is 671. The lowest BCUT2D eigenvalue weighted by molar-refractivity contribution is 0.0699. The fourth-order valence-electron chi connectivity index (χ4n) is 2.60. The Kier molecular flexibility index (Phi) is 3.20. The van der Waals surface area contributed by atoms with Crippen molar-refractivity contribution in [3.63, 3.8) is 0 Å². The van der Waals surface area contributed by atoms with Gasteiger partial charge in [0.05, 0.1) is 16.6 Å². The minimum absolute atomic E-state index is 0.345. The van der Waals surface area contributed by atoms with Crippen LogP contribution in [-0.4, -0.2) is 25.8 Å². The first-order valence-corrected chi connectivity index (χ1v) is 7.23. The van der Waals surface area contributed by atoms with Crippen LogP contribution in [0.3, 0.4) is 0 Å². The highest BCUT2D eigenvalue weighted by molar-refractivity contribution is 6.03. The summed E-state index contributed by atoms with van der Waals surface area (Å²) in [4.78, 5) is 16.1. The summed E-state index contributed by atoms with van der Waals surface area (Å²) in [6.45, 7) is 4.77. The third kappa shape index (κ3) is 2.17. The minimum atomic E-state index is -0.891. The summed E-state index contributed by atoms with van der Waals surface area (Å²) in [6.07, 6.45) is 4.32. The number of aryl methyl sites for hydroxylation is 2. The van der Waals surface area contributed by atoms with Gasteiger partial charge in [0.2, 0.25) is 0 Å². The van der Waals surface area contributed by atoms with Crippen molar-refractivity contribution in [3.8, 4) is 0 Å². The van der Waals surface area contributed by atoms with E-state index in [2.05, 4.69) is 17.0 Å². The quantitative estimate of drug-likeness (QED) is 0.908. The average molecular weight is 273 g/mol. The molecule has 2 heterocycles. The van der Waals surface area contributed by atoms with E-state index in [0.29, 0.717) is 11.5 Å². The van der Waals surface area contributed by atoms with Crippen LogP contribution in [0.4, 0.5) is 0 Å². The van der Waals surface area contributed by atoms with Crippen LogP contribution >= 0.6 is 0 Å². The zero-order valence-electron chi connectivity index (χ0n) is 11.9. The van der Waals surface area contributed by atoms with E-state index in [-0.39, 0.29) is 0 Å². The predicted molar refractivity (Wildman–Crippen MR) is 76.1 cm³/mol. The Hall–Kier alpha value is -1.91. The molecule has 0 radical (unpaired) electrons. The molecular formula is C15H19N3O2. The highest BCUT2D eigenvalue weighted by Crippen LogP contribution is 2.43. The second-order valence-corrected chi connectivity index (χ2v) is 5.55. The molecule has 1 N–H and O–H groups in total. The number of fused-ring (bicyclic) bond motifs is 1. The van der Waals surface area contributed by atoms with Crippen molar-refractivity contribution >= 4 is 17.0 Å². The van der Waals surface area contributed by atoms with Crippen LogP contribution in [0, 0.1) is 6.92 Å². The monoisotopic (exact) mass is 273 g/mol. The smallest absolute Gasteiger partial charge is 0.336 e. The van der Waals surface area contributed by atoms with Crippen molar-refractivity contribution in [2.45, 2.75) is 52.0 Å². The SMILES string of the molecule is CCCCn1nc(C2CC2)c2c(C(=O)O)cc(C)nc21. The Morgan fingerprint density at radius 2 is 2.25 bits per heavy atom. The van der Waals surface area contributed by atoms with E-state index < -0.39 is 5.97 Å². The van der Waals surface area contributed by atoms with E-state index in [9.17, 15) is 9.90 Å². The first-order valence-electron chi connectivity index (χ1n) is 7.23. The second-order valence-electron chi connectivity index (χ2n) is 5.55. The molecule has 0 bridgehead atoms. The van der Waals surface area contributed by atoms with Crippen LogP contribution in [0.15, 0.2) is 6.07 Å². The standard InChI is InChI=1S/C15H19N3O2/c1-3-4-7-18-14-12(13(17-18)10-5-6-10)11(15(19)20)8-9(2)16-14/h8,10H,3-7H2,1-2H3,(H,19,20). The van der Waals surface area contributed by atoms with Crippen molar-refractivity contribution in [2.24, 2.45) is 0 Å².